The standard InChI is InChI=1S/C14H9N5O/c1-19-12(11-5-3-2-4-6-11)13(7-15,8-16)14(9-17,10-18)20-19/h2-6,12H,1H3/t12-/m0/s1. The monoisotopic (exact) mass is 263 g/mol. The molecule has 0 radical (unpaired) electrons. The number of hydrogen-bond acceptors (Lipinski definition) is 6. The normalized spacial score (nSPS) is 22.9. The van der Waals surface area contributed by atoms with Crippen molar-refractivity contribution in [3.05, 3.63) is 35.9 Å². The summed E-state index contributed by atoms with van der Waals surface area (Å²) in [6, 6.07) is 14.9. The van der Waals surface area contributed by atoms with E-state index in [9.17, 15) is 21.0 Å². The van der Waals surface area contributed by atoms with Gasteiger partial charge in [-0.25, -0.2) is 0 Å². The van der Waals surface area contributed by atoms with Crippen molar-refractivity contribution in [2.75, 3.05) is 7.05 Å². The second kappa shape index (κ2) is 4.65. The van der Waals surface area contributed by atoms with Crippen molar-refractivity contribution in [3.63, 3.8) is 0 Å². The van der Waals surface area contributed by atoms with Gasteiger partial charge in [-0.3, -0.25) is 4.84 Å². The Labute approximate surface area is 116 Å². The second-order valence-corrected chi connectivity index (χ2v) is 4.39. The molecule has 1 fully saturated rings. The molecule has 2 rings (SSSR count). The van der Waals surface area contributed by atoms with Gasteiger partial charge in [0.1, 0.15) is 12.1 Å². The van der Waals surface area contributed by atoms with Gasteiger partial charge in [0.05, 0.1) is 18.2 Å². The molecule has 1 aromatic carbocycles. The lowest BCUT2D eigenvalue weighted by Crippen LogP contribution is -2.43. The van der Waals surface area contributed by atoms with Crippen molar-refractivity contribution in [1.29, 1.82) is 21.0 Å². The highest BCUT2D eigenvalue weighted by Gasteiger charge is 2.69. The van der Waals surface area contributed by atoms with Gasteiger partial charge in [-0.1, -0.05) is 30.3 Å². The zero-order chi connectivity index (χ0) is 14.8. The number of rotatable bonds is 1. The van der Waals surface area contributed by atoms with E-state index in [-0.39, 0.29) is 0 Å². The van der Waals surface area contributed by atoms with E-state index in [1.54, 1.807) is 42.5 Å². The van der Waals surface area contributed by atoms with Crippen LogP contribution in [0.1, 0.15) is 11.6 Å². The van der Waals surface area contributed by atoms with Crippen molar-refractivity contribution in [2.24, 2.45) is 5.41 Å². The number of nitrogens with zero attached hydrogens (tertiary/aromatic N) is 5. The molecule has 1 aliphatic rings. The molecule has 0 saturated carbocycles. The molecule has 0 unspecified atom stereocenters. The lowest BCUT2D eigenvalue weighted by Gasteiger charge is -2.25. The van der Waals surface area contributed by atoms with Crippen LogP contribution in [0.5, 0.6) is 0 Å². The molecular weight excluding hydrogens is 254 g/mol. The minimum atomic E-state index is -2.15. The van der Waals surface area contributed by atoms with Gasteiger partial charge in [-0.05, 0) is 5.56 Å². The van der Waals surface area contributed by atoms with Crippen molar-refractivity contribution in [1.82, 2.24) is 5.06 Å². The molecule has 6 heteroatoms. The Morgan fingerprint density at radius 2 is 1.55 bits per heavy atom. The smallest absolute Gasteiger partial charge is 0.258 e. The molecule has 0 aromatic heterocycles. The van der Waals surface area contributed by atoms with E-state index in [1.807, 2.05) is 12.1 Å². The van der Waals surface area contributed by atoms with Crippen LogP contribution in [0.4, 0.5) is 0 Å². The highest BCUT2D eigenvalue weighted by Crippen LogP contribution is 2.53. The maximum atomic E-state index is 9.48. The van der Waals surface area contributed by atoms with Crippen LogP contribution in [-0.4, -0.2) is 17.7 Å². The van der Waals surface area contributed by atoms with Gasteiger partial charge in [0.2, 0.25) is 5.41 Å². The lowest BCUT2D eigenvalue weighted by atomic mass is 9.69. The fourth-order valence-electron chi connectivity index (χ4n) is 2.45. The second-order valence-electron chi connectivity index (χ2n) is 4.39. The van der Waals surface area contributed by atoms with Crippen LogP contribution in [0, 0.1) is 50.7 Å². The van der Waals surface area contributed by atoms with Gasteiger partial charge in [0.25, 0.3) is 5.60 Å². The summed E-state index contributed by atoms with van der Waals surface area (Å²) < 4.78 is 0. The van der Waals surface area contributed by atoms with Crippen molar-refractivity contribution >= 4 is 0 Å². The van der Waals surface area contributed by atoms with Gasteiger partial charge in [0, 0.05) is 7.05 Å². The molecular formula is C14H9N5O. The molecule has 1 aliphatic heterocycles. The van der Waals surface area contributed by atoms with E-state index in [1.165, 1.54) is 12.1 Å². The molecule has 0 spiro atoms. The van der Waals surface area contributed by atoms with Crippen molar-refractivity contribution in [2.45, 2.75) is 11.6 Å². The molecule has 1 atom stereocenters. The minimum Gasteiger partial charge on any atom is -0.258 e. The Bertz CT molecular complexity index is 657. The van der Waals surface area contributed by atoms with Crippen LogP contribution in [0.2, 0.25) is 0 Å². The lowest BCUT2D eigenvalue weighted by molar-refractivity contribution is -0.153. The number of hydrogen-bond donors (Lipinski definition) is 0. The van der Waals surface area contributed by atoms with E-state index in [2.05, 4.69) is 0 Å². The Kier molecular flexibility index (Phi) is 3.15. The summed E-state index contributed by atoms with van der Waals surface area (Å²) in [5.74, 6) is 0. The largest absolute Gasteiger partial charge is 0.293 e. The van der Waals surface area contributed by atoms with Gasteiger partial charge >= 0.3 is 0 Å². The first-order chi connectivity index (χ1) is 9.60. The molecule has 1 heterocycles. The zero-order valence-corrected chi connectivity index (χ0v) is 10.6. The van der Waals surface area contributed by atoms with Gasteiger partial charge in [0.15, 0.2) is 0 Å². The molecule has 1 saturated heterocycles. The summed E-state index contributed by atoms with van der Waals surface area (Å²) >= 11 is 0. The zero-order valence-electron chi connectivity index (χ0n) is 10.6. The summed E-state index contributed by atoms with van der Waals surface area (Å²) in [6.07, 6.45) is 0. The van der Waals surface area contributed by atoms with E-state index >= 15 is 0 Å². The van der Waals surface area contributed by atoms with Crippen LogP contribution >= 0.6 is 0 Å². The molecule has 6 nitrogen and oxygen atoms in total. The fourth-order valence-corrected chi connectivity index (χ4v) is 2.45. The molecule has 20 heavy (non-hydrogen) atoms. The Balaban J connectivity index is 2.72. The third-order valence-electron chi connectivity index (χ3n) is 3.39. The SMILES string of the molecule is CN1OC(C#N)(C#N)C(C#N)(C#N)[C@@H]1c1ccccc1. The molecule has 0 N–H and O–H groups in total. The quantitative estimate of drug-likeness (QED) is 0.758. The summed E-state index contributed by atoms with van der Waals surface area (Å²) in [5, 5.41) is 38.7. The Morgan fingerprint density at radius 1 is 1.00 bits per heavy atom. The third kappa shape index (κ3) is 1.48. The van der Waals surface area contributed by atoms with Crippen LogP contribution in [0.15, 0.2) is 30.3 Å². The van der Waals surface area contributed by atoms with E-state index in [0.29, 0.717) is 5.56 Å². The Morgan fingerprint density at radius 3 is 2.00 bits per heavy atom. The Hall–Kier alpha value is -2.90. The van der Waals surface area contributed by atoms with Gasteiger partial charge in [-0.15, -0.1) is 0 Å². The predicted octanol–water partition coefficient (Wildman–Crippen LogP) is 1.42. The first kappa shape index (κ1) is 13.5. The van der Waals surface area contributed by atoms with E-state index in [0.717, 1.165) is 0 Å². The third-order valence-corrected chi connectivity index (χ3v) is 3.39. The molecule has 0 bridgehead atoms. The first-order valence-corrected chi connectivity index (χ1v) is 5.72. The van der Waals surface area contributed by atoms with Crippen molar-refractivity contribution < 1.29 is 4.84 Å². The molecule has 0 amide bonds. The average molecular weight is 263 g/mol. The highest BCUT2D eigenvalue weighted by atomic mass is 16.7. The molecule has 1 aromatic rings. The number of hydroxylamine groups is 2. The van der Waals surface area contributed by atoms with E-state index in [4.69, 9.17) is 4.84 Å². The van der Waals surface area contributed by atoms with E-state index < -0.39 is 17.1 Å². The summed E-state index contributed by atoms with van der Waals surface area (Å²) in [6.45, 7) is 0. The number of nitriles is 4. The summed E-state index contributed by atoms with van der Waals surface area (Å²) in [4.78, 5) is 5.28. The average Bonchev–Trinajstić information content (AvgIpc) is 2.76. The summed E-state index contributed by atoms with van der Waals surface area (Å²) in [5.41, 5.74) is -3.44. The summed E-state index contributed by atoms with van der Waals surface area (Å²) in [7, 11) is 1.50. The van der Waals surface area contributed by atoms with Crippen LogP contribution in [-0.2, 0) is 4.84 Å². The minimum absolute atomic E-state index is 0.630. The predicted molar refractivity (Wildman–Crippen MR) is 65.6 cm³/mol. The topological polar surface area (TPSA) is 108 Å². The maximum Gasteiger partial charge on any atom is 0.293 e. The van der Waals surface area contributed by atoms with Crippen LogP contribution in [0.25, 0.3) is 0 Å². The van der Waals surface area contributed by atoms with Crippen LogP contribution < -0.4 is 0 Å². The maximum absolute atomic E-state index is 9.48. The van der Waals surface area contributed by atoms with Gasteiger partial charge in [-0.2, -0.15) is 26.1 Å². The number of benzene rings is 1. The molecule has 96 valence electrons. The van der Waals surface area contributed by atoms with Crippen molar-refractivity contribution in [3.8, 4) is 24.3 Å². The van der Waals surface area contributed by atoms with Gasteiger partial charge < -0.3 is 0 Å². The van der Waals surface area contributed by atoms with Crippen LogP contribution in [0.3, 0.4) is 0 Å². The fraction of sp³-hybridized carbons (Fsp3) is 0.286. The first-order valence-electron chi connectivity index (χ1n) is 5.72. The molecule has 0 aliphatic carbocycles. The highest BCUT2D eigenvalue weighted by molar-refractivity contribution is 5.45.